The van der Waals surface area contributed by atoms with Gasteiger partial charge in [-0.1, -0.05) is 6.07 Å². The summed E-state index contributed by atoms with van der Waals surface area (Å²) in [7, 11) is 2.23. The highest BCUT2D eigenvalue weighted by Gasteiger charge is 2.54. The zero-order chi connectivity index (χ0) is 21.3. The van der Waals surface area contributed by atoms with Crippen LogP contribution in [0.15, 0.2) is 29.1 Å². The number of aromatic hydroxyl groups is 1. The van der Waals surface area contributed by atoms with E-state index in [2.05, 4.69) is 23.0 Å². The van der Waals surface area contributed by atoms with Crippen LogP contribution in [0.3, 0.4) is 0 Å². The number of phenols is 1. The van der Waals surface area contributed by atoms with Gasteiger partial charge in [0, 0.05) is 30.2 Å². The van der Waals surface area contributed by atoms with Crippen molar-refractivity contribution in [3.63, 3.8) is 0 Å². The van der Waals surface area contributed by atoms with Crippen LogP contribution in [0.5, 0.6) is 5.75 Å². The third-order valence-corrected chi connectivity index (χ3v) is 8.65. The summed E-state index contributed by atoms with van der Waals surface area (Å²) in [5.41, 5.74) is 5.07. The Balaban J connectivity index is 1.45. The Bertz CT molecular complexity index is 1090. The average molecular weight is 422 g/mol. The van der Waals surface area contributed by atoms with Crippen molar-refractivity contribution in [3.8, 4) is 5.75 Å². The number of hydrogen-bond acceptors (Lipinski definition) is 5. The molecule has 164 valence electrons. The fraction of sp³-hybridized carbons (Fsp3) is 0.560. The molecule has 31 heavy (non-hydrogen) atoms. The molecule has 2 fully saturated rings. The molecule has 0 spiro atoms. The molecule has 2 aliphatic carbocycles. The Morgan fingerprint density at radius 1 is 1.13 bits per heavy atom. The van der Waals surface area contributed by atoms with Gasteiger partial charge in [0.1, 0.15) is 12.0 Å². The molecule has 3 heterocycles. The molecule has 3 N–H and O–H groups in total. The summed E-state index contributed by atoms with van der Waals surface area (Å²) in [6.45, 7) is 2.72. The number of benzene rings is 1. The van der Waals surface area contributed by atoms with Gasteiger partial charge in [-0.25, -0.2) is 0 Å². The van der Waals surface area contributed by atoms with Crippen molar-refractivity contribution >= 4 is 0 Å². The second-order valence-corrected chi connectivity index (χ2v) is 10.2. The third-order valence-electron chi connectivity index (χ3n) is 8.65. The van der Waals surface area contributed by atoms with Crippen LogP contribution < -0.4 is 5.56 Å². The lowest BCUT2D eigenvalue weighted by atomic mass is 9.52. The van der Waals surface area contributed by atoms with E-state index in [1.54, 1.807) is 6.07 Å². The van der Waals surface area contributed by atoms with E-state index >= 15 is 0 Å². The highest BCUT2D eigenvalue weighted by molar-refractivity contribution is 5.48. The molecule has 1 aromatic heterocycles. The molecule has 1 unspecified atom stereocenters. The highest BCUT2D eigenvalue weighted by Crippen LogP contribution is 2.54. The predicted octanol–water partition coefficient (Wildman–Crippen LogP) is 2.08. The minimum Gasteiger partial charge on any atom is -0.508 e. The van der Waals surface area contributed by atoms with Gasteiger partial charge in [0.25, 0.3) is 5.56 Å². The van der Waals surface area contributed by atoms with Crippen LogP contribution in [0.1, 0.15) is 53.4 Å². The largest absolute Gasteiger partial charge is 0.508 e. The van der Waals surface area contributed by atoms with Crippen molar-refractivity contribution in [3.05, 3.63) is 62.6 Å². The monoisotopic (exact) mass is 421 g/mol. The number of H-pyrrole nitrogens is 1. The second-order valence-electron chi connectivity index (χ2n) is 10.2. The van der Waals surface area contributed by atoms with Crippen molar-refractivity contribution < 1.29 is 10.2 Å². The van der Waals surface area contributed by atoms with E-state index in [0.29, 0.717) is 23.3 Å². The van der Waals surface area contributed by atoms with Gasteiger partial charge in [-0.3, -0.25) is 9.69 Å². The molecule has 0 saturated carbocycles. The molecule has 0 amide bonds. The van der Waals surface area contributed by atoms with E-state index in [0.717, 1.165) is 63.9 Å². The molecular weight excluding hydrogens is 390 g/mol. The van der Waals surface area contributed by atoms with Gasteiger partial charge in [0.2, 0.25) is 0 Å². The van der Waals surface area contributed by atoms with Gasteiger partial charge in [0.05, 0.1) is 5.56 Å². The maximum Gasteiger partial charge on any atom is 0.255 e. The van der Waals surface area contributed by atoms with Gasteiger partial charge in [-0.15, -0.1) is 0 Å². The van der Waals surface area contributed by atoms with E-state index < -0.39 is 6.23 Å². The van der Waals surface area contributed by atoms with Crippen molar-refractivity contribution in [1.82, 2.24) is 14.8 Å². The van der Waals surface area contributed by atoms with Crippen LogP contribution in [-0.2, 0) is 24.7 Å². The summed E-state index contributed by atoms with van der Waals surface area (Å²) in [4.78, 5) is 20.7. The fourth-order valence-electron chi connectivity index (χ4n) is 7.01. The molecule has 2 bridgehead atoms. The lowest BCUT2D eigenvalue weighted by Crippen LogP contribution is -2.61. The Morgan fingerprint density at radius 2 is 1.94 bits per heavy atom. The smallest absolute Gasteiger partial charge is 0.255 e. The minimum atomic E-state index is -0.821. The Labute approximate surface area is 182 Å². The molecule has 4 aliphatic rings. The summed E-state index contributed by atoms with van der Waals surface area (Å²) in [5, 5.41) is 21.1. The number of aliphatic hydroxyl groups excluding tert-OH is 1. The zero-order valence-electron chi connectivity index (χ0n) is 18.1. The molecule has 6 heteroatoms. The number of likely N-dealkylation sites (N-methyl/N-ethyl adjacent to an activating group) is 1. The average Bonchev–Trinajstić information content (AvgIpc) is 3.29. The summed E-state index contributed by atoms with van der Waals surface area (Å²) >= 11 is 0. The Hall–Kier alpha value is -2.15. The van der Waals surface area contributed by atoms with Crippen molar-refractivity contribution in [1.29, 1.82) is 0 Å². The zero-order valence-corrected chi connectivity index (χ0v) is 18.1. The molecule has 1 aromatic carbocycles. The normalized spacial score (nSPS) is 31.0. The first-order valence-electron chi connectivity index (χ1n) is 11.7. The lowest BCUT2D eigenvalue weighted by molar-refractivity contribution is 0.0158. The quantitative estimate of drug-likeness (QED) is 0.692. The van der Waals surface area contributed by atoms with Crippen molar-refractivity contribution in [2.45, 2.75) is 56.2 Å². The topological polar surface area (TPSA) is 79.8 Å². The number of piperidine rings is 1. The van der Waals surface area contributed by atoms with E-state index in [4.69, 9.17) is 0 Å². The summed E-state index contributed by atoms with van der Waals surface area (Å²) < 4.78 is 0. The summed E-state index contributed by atoms with van der Waals surface area (Å²) in [6.07, 6.45) is 5.05. The number of aliphatic hydroxyl groups is 1. The van der Waals surface area contributed by atoms with Crippen molar-refractivity contribution in [2.24, 2.45) is 5.92 Å². The number of nitrogens with zero attached hydrogens (tertiary/aromatic N) is 2. The van der Waals surface area contributed by atoms with Gasteiger partial charge in [-0.2, -0.15) is 0 Å². The number of aromatic nitrogens is 1. The number of phenolic OH excluding ortho intramolecular Hbond substituents is 1. The standard InChI is InChI=1S/C25H31N3O3/c1-27-9-6-25-14-21-16(10-18(23(30)26-21)24(31)28-7-2-3-8-28)11-20(25)22(27)12-15-4-5-17(29)13-19(15)25/h4-5,10,13,20,22,24,29,31H,2-3,6-9,11-12,14H2,1H3,(H,26,30)/t20-,22+,24?,25+/m0/s1. The van der Waals surface area contributed by atoms with Gasteiger partial charge in [-0.05, 0) is 92.9 Å². The lowest BCUT2D eigenvalue weighted by Gasteiger charge is -2.58. The molecule has 2 aromatic rings. The molecule has 2 aliphatic heterocycles. The number of hydrogen-bond donors (Lipinski definition) is 3. The van der Waals surface area contributed by atoms with Crippen LogP contribution in [0, 0.1) is 5.92 Å². The first kappa shape index (κ1) is 19.5. The molecule has 6 rings (SSSR count). The first-order valence-corrected chi connectivity index (χ1v) is 11.7. The van der Waals surface area contributed by atoms with Crippen LogP contribution in [0.25, 0.3) is 0 Å². The van der Waals surface area contributed by atoms with Crippen LogP contribution in [0.4, 0.5) is 0 Å². The predicted molar refractivity (Wildman–Crippen MR) is 118 cm³/mol. The highest BCUT2D eigenvalue weighted by atomic mass is 16.3. The maximum atomic E-state index is 13.0. The van der Waals surface area contributed by atoms with E-state index in [-0.39, 0.29) is 11.0 Å². The molecule has 6 nitrogen and oxygen atoms in total. The van der Waals surface area contributed by atoms with E-state index in [1.807, 2.05) is 17.0 Å². The van der Waals surface area contributed by atoms with Crippen LogP contribution >= 0.6 is 0 Å². The Morgan fingerprint density at radius 3 is 2.74 bits per heavy atom. The first-order chi connectivity index (χ1) is 15.0. The van der Waals surface area contributed by atoms with Gasteiger partial charge >= 0.3 is 0 Å². The van der Waals surface area contributed by atoms with Crippen LogP contribution in [0.2, 0.25) is 0 Å². The number of rotatable bonds is 2. The second kappa shape index (κ2) is 6.92. The fourth-order valence-corrected chi connectivity index (χ4v) is 7.01. The van der Waals surface area contributed by atoms with Gasteiger partial charge < -0.3 is 20.1 Å². The SMILES string of the molecule is CN1CC[C@]23Cc4[nH]c(=O)c(C(O)N5CCCC5)cc4C[C@H]2[C@H]1Cc1ccc(O)cc13. The third kappa shape index (κ3) is 2.85. The number of nitrogens with one attached hydrogen (secondary N) is 1. The number of pyridine rings is 1. The van der Waals surface area contributed by atoms with E-state index in [1.165, 1.54) is 16.7 Å². The Kier molecular flexibility index (Phi) is 4.36. The molecule has 0 radical (unpaired) electrons. The molecule has 4 atom stereocenters. The summed E-state index contributed by atoms with van der Waals surface area (Å²) in [6, 6.07) is 8.30. The molecule has 2 saturated heterocycles. The molecular formula is C25H31N3O3. The number of aromatic amines is 1. The minimum absolute atomic E-state index is 0.0471. The maximum absolute atomic E-state index is 13.0. The number of likely N-dealkylation sites (tertiary alicyclic amines) is 2. The van der Waals surface area contributed by atoms with Crippen molar-refractivity contribution in [2.75, 3.05) is 26.7 Å². The van der Waals surface area contributed by atoms with Crippen LogP contribution in [-0.4, -0.2) is 57.7 Å². The van der Waals surface area contributed by atoms with Gasteiger partial charge in [0.15, 0.2) is 0 Å². The number of fused-ring (bicyclic) bond motifs is 2. The summed E-state index contributed by atoms with van der Waals surface area (Å²) in [5.74, 6) is 0.767. The van der Waals surface area contributed by atoms with E-state index in [9.17, 15) is 15.0 Å².